The number of sulfone groups is 1. The first-order valence-electron chi connectivity index (χ1n) is 3.38. The predicted octanol–water partition coefficient (Wildman–Crippen LogP) is 0.527. The number of aromatic nitrogens is 1. The summed E-state index contributed by atoms with van der Waals surface area (Å²) in [4.78, 5) is 3.73. The zero-order valence-electron chi connectivity index (χ0n) is 6.90. The first kappa shape index (κ1) is 8.99. The van der Waals surface area contributed by atoms with Gasteiger partial charge in [0.25, 0.3) is 0 Å². The first-order chi connectivity index (χ1) is 5.54. The number of nitrogens with zero attached hydrogens (tertiary/aromatic N) is 1. The molecule has 12 heavy (non-hydrogen) atoms. The van der Waals surface area contributed by atoms with E-state index in [9.17, 15) is 8.42 Å². The Hall–Kier alpha value is -1.10. The number of rotatable bonds is 2. The molecule has 66 valence electrons. The van der Waals surface area contributed by atoms with E-state index >= 15 is 0 Å². The highest BCUT2D eigenvalue weighted by atomic mass is 32.2. The van der Waals surface area contributed by atoms with Crippen LogP contribution in [0.15, 0.2) is 23.4 Å². The van der Waals surface area contributed by atoms with Crippen LogP contribution in [0.2, 0.25) is 0 Å². The minimum absolute atomic E-state index is 0.0920. The highest BCUT2D eigenvalue weighted by Gasteiger charge is 2.07. The largest absolute Gasteiger partial charge is 0.388 e. The van der Waals surface area contributed by atoms with Crippen LogP contribution in [0, 0.1) is 0 Å². The van der Waals surface area contributed by atoms with Gasteiger partial charge in [0.2, 0.25) is 0 Å². The molecule has 0 atom stereocenters. The highest BCUT2D eigenvalue weighted by molar-refractivity contribution is 7.90. The van der Waals surface area contributed by atoms with Gasteiger partial charge in [-0.15, -0.1) is 0 Å². The van der Waals surface area contributed by atoms with Crippen molar-refractivity contribution in [3.8, 4) is 0 Å². The van der Waals surface area contributed by atoms with Crippen molar-refractivity contribution in [3.63, 3.8) is 0 Å². The van der Waals surface area contributed by atoms with Gasteiger partial charge in [0, 0.05) is 25.2 Å². The molecule has 0 saturated heterocycles. The van der Waals surface area contributed by atoms with Crippen LogP contribution >= 0.6 is 0 Å². The van der Waals surface area contributed by atoms with Crippen molar-refractivity contribution < 1.29 is 8.42 Å². The Labute approximate surface area is 71.6 Å². The number of hydrogen-bond acceptors (Lipinski definition) is 4. The number of pyridine rings is 1. The summed E-state index contributed by atoms with van der Waals surface area (Å²) < 4.78 is 22.0. The van der Waals surface area contributed by atoms with Crippen LogP contribution in [0.4, 0.5) is 5.69 Å². The van der Waals surface area contributed by atoms with Gasteiger partial charge in [0.1, 0.15) is 0 Å². The fourth-order valence-corrected chi connectivity index (χ4v) is 1.36. The maximum Gasteiger partial charge on any atom is 0.192 e. The van der Waals surface area contributed by atoms with Crippen LogP contribution in [0.3, 0.4) is 0 Å². The summed E-state index contributed by atoms with van der Waals surface area (Å²) in [5.41, 5.74) is 0.741. The molecule has 0 bridgehead atoms. The third-order valence-corrected chi connectivity index (χ3v) is 2.39. The monoisotopic (exact) mass is 186 g/mol. The molecule has 1 N–H and O–H groups in total. The molecule has 1 aromatic rings. The fraction of sp³-hybridized carbons (Fsp3) is 0.286. The van der Waals surface area contributed by atoms with E-state index in [0.29, 0.717) is 0 Å². The van der Waals surface area contributed by atoms with Crippen LogP contribution in [0.1, 0.15) is 0 Å². The van der Waals surface area contributed by atoms with E-state index in [4.69, 9.17) is 0 Å². The maximum absolute atomic E-state index is 11.0. The second kappa shape index (κ2) is 3.10. The molecule has 0 amide bonds. The third kappa shape index (κ3) is 1.94. The molecular formula is C7H10N2O2S. The van der Waals surface area contributed by atoms with E-state index in [-0.39, 0.29) is 5.03 Å². The maximum atomic E-state index is 11.0. The van der Waals surface area contributed by atoms with E-state index in [1.807, 2.05) is 0 Å². The van der Waals surface area contributed by atoms with Gasteiger partial charge in [-0.25, -0.2) is 13.4 Å². The molecule has 0 aliphatic rings. The van der Waals surface area contributed by atoms with Crippen LogP contribution < -0.4 is 5.32 Å². The molecule has 0 spiro atoms. The van der Waals surface area contributed by atoms with Crippen molar-refractivity contribution in [3.05, 3.63) is 18.3 Å². The molecule has 1 aromatic heterocycles. The van der Waals surface area contributed by atoms with E-state index in [2.05, 4.69) is 10.3 Å². The van der Waals surface area contributed by atoms with E-state index in [1.54, 1.807) is 13.1 Å². The predicted molar refractivity (Wildman–Crippen MR) is 46.9 cm³/mol. The van der Waals surface area contributed by atoms with Crippen molar-refractivity contribution in [2.75, 3.05) is 18.6 Å². The summed E-state index contributed by atoms with van der Waals surface area (Å²) in [6.07, 6.45) is 2.59. The Balaban J connectivity index is 3.20. The molecule has 0 aromatic carbocycles. The van der Waals surface area contributed by atoms with Gasteiger partial charge in [-0.1, -0.05) is 0 Å². The minimum atomic E-state index is -3.19. The lowest BCUT2D eigenvalue weighted by molar-refractivity contribution is 0.598. The molecule has 0 unspecified atom stereocenters. The molecule has 0 radical (unpaired) electrons. The lowest BCUT2D eigenvalue weighted by Crippen LogP contribution is -2.01. The van der Waals surface area contributed by atoms with Gasteiger partial charge in [0.05, 0.1) is 0 Å². The molecule has 1 rings (SSSR count). The molecule has 5 heteroatoms. The van der Waals surface area contributed by atoms with Gasteiger partial charge < -0.3 is 5.32 Å². The van der Waals surface area contributed by atoms with E-state index in [0.717, 1.165) is 11.9 Å². The van der Waals surface area contributed by atoms with Crippen molar-refractivity contribution in [2.45, 2.75) is 5.03 Å². The highest BCUT2D eigenvalue weighted by Crippen LogP contribution is 2.10. The average molecular weight is 186 g/mol. The summed E-state index contributed by atoms with van der Waals surface area (Å²) in [6, 6.07) is 3.20. The van der Waals surface area contributed by atoms with E-state index in [1.165, 1.54) is 12.3 Å². The summed E-state index contributed by atoms with van der Waals surface area (Å²) in [5, 5.41) is 2.93. The zero-order valence-corrected chi connectivity index (χ0v) is 7.72. The summed E-state index contributed by atoms with van der Waals surface area (Å²) in [6.45, 7) is 0. The molecule has 0 saturated carbocycles. The fourth-order valence-electron chi connectivity index (χ4n) is 0.768. The van der Waals surface area contributed by atoms with Crippen LogP contribution in [0.25, 0.3) is 0 Å². The smallest absolute Gasteiger partial charge is 0.192 e. The summed E-state index contributed by atoms with van der Waals surface area (Å²) in [7, 11) is -1.46. The van der Waals surface area contributed by atoms with Crippen LogP contribution in [0.5, 0.6) is 0 Å². The summed E-state index contributed by atoms with van der Waals surface area (Å²) >= 11 is 0. The van der Waals surface area contributed by atoms with Crippen molar-refractivity contribution in [1.82, 2.24) is 4.98 Å². The normalized spacial score (nSPS) is 11.2. The Morgan fingerprint density at radius 3 is 2.67 bits per heavy atom. The standard InChI is InChI=1S/C7H10N2O2S/c1-8-6-3-4-9-7(5-6)12(2,10)11/h3-5H,1-2H3,(H,8,9). The second-order valence-electron chi connectivity index (χ2n) is 2.40. The number of nitrogens with one attached hydrogen (secondary N) is 1. The minimum Gasteiger partial charge on any atom is -0.388 e. The van der Waals surface area contributed by atoms with E-state index < -0.39 is 9.84 Å². The Bertz CT molecular complexity index is 373. The quantitative estimate of drug-likeness (QED) is 0.731. The van der Waals surface area contributed by atoms with Gasteiger partial charge in [-0.3, -0.25) is 0 Å². The van der Waals surface area contributed by atoms with Crippen molar-refractivity contribution in [2.24, 2.45) is 0 Å². The Morgan fingerprint density at radius 1 is 1.50 bits per heavy atom. The lowest BCUT2D eigenvalue weighted by atomic mass is 10.4. The van der Waals surface area contributed by atoms with Gasteiger partial charge >= 0.3 is 0 Å². The molecule has 4 nitrogen and oxygen atoms in total. The SMILES string of the molecule is CNc1ccnc(S(C)(=O)=O)c1. The topological polar surface area (TPSA) is 59.1 Å². The Kier molecular flexibility index (Phi) is 2.32. The van der Waals surface area contributed by atoms with Gasteiger partial charge in [-0.05, 0) is 12.1 Å². The summed E-state index contributed by atoms with van der Waals surface area (Å²) in [5.74, 6) is 0. The second-order valence-corrected chi connectivity index (χ2v) is 4.37. The lowest BCUT2D eigenvalue weighted by Gasteiger charge is -2.00. The molecule has 0 aliphatic carbocycles. The number of anilines is 1. The molecular weight excluding hydrogens is 176 g/mol. The van der Waals surface area contributed by atoms with Crippen LogP contribution in [-0.2, 0) is 9.84 Å². The molecule has 0 aliphatic heterocycles. The van der Waals surface area contributed by atoms with Crippen molar-refractivity contribution >= 4 is 15.5 Å². The van der Waals surface area contributed by atoms with Gasteiger partial charge in [0.15, 0.2) is 14.9 Å². The van der Waals surface area contributed by atoms with Crippen LogP contribution in [-0.4, -0.2) is 26.7 Å². The third-order valence-electron chi connectivity index (χ3n) is 1.40. The zero-order chi connectivity index (χ0) is 9.19. The van der Waals surface area contributed by atoms with Gasteiger partial charge in [-0.2, -0.15) is 0 Å². The molecule has 0 fully saturated rings. The number of hydrogen-bond donors (Lipinski definition) is 1. The Morgan fingerprint density at radius 2 is 2.17 bits per heavy atom. The average Bonchev–Trinajstić information content (AvgIpc) is 2.03. The van der Waals surface area contributed by atoms with Crippen molar-refractivity contribution in [1.29, 1.82) is 0 Å². The molecule has 1 heterocycles. The first-order valence-corrected chi connectivity index (χ1v) is 5.27.